The van der Waals surface area contributed by atoms with Crippen molar-refractivity contribution in [2.24, 2.45) is 0 Å². The molecule has 4 aliphatic rings. The van der Waals surface area contributed by atoms with Crippen LogP contribution in [0.25, 0.3) is 33.4 Å². The molecule has 7 amide bonds. The summed E-state index contributed by atoms with van der Waals surface area (Å²) in [5, 5.41) is 30.3. The number of halogens is 1. The van der Waals surface area contributed by atoms with E-state index in [-0.39, 0.29) is 92.4 Å². The van der Waals surface area contributed by atoms with E-state index in [1.165, 1.54) is 16.7 Å². The Labute approximate surface area is 516 Å². The van der Waals surface area contributed by atoms with E-state index in [1.54, 1.807) is 65.0 Å². The normalized spacial score (nSPS) is 16.5. The SMILES string of the molecule is CC[C@@]1(O)C(=O)OCc2c1cc1n(c2=O)Cc2c-1nc1cc(F)c(C)c3c1c2[C@@H](NC(=O)[C@H](CC(=O)OC(C)(C)C)NC(=O)CCCNC(=O)CNC(=O)[C@H](Cc1ccccc1)NC(=O)CNC(=O)CNC(=O)OCC1c2ccccc2-c2ccccc21)CC3. The number of carbonyl (C=O) groups excluding carboxylic acids is 9. The highest BCUT2D eigenvalue weighted by Crippen LogP contribution is 2.47. The molecule has 24 heteroatoms. The molecule has 0 fully saturated rings. The summed E-state index contributed by atoms with van der Waals surface area (Å²) in [7, 11) is 0. The molecule has 2 aliphatic carbocycles. The standard InChI is InChI=1S/C66H70FN9O14/c1-6-66(87)45-26-51-59-42(32-76(51)62(84)44(45)34-88-63(66)85)58-47(23-22-37-35(2)46(67)27-48(74-59)57(37)58)75-61(83)50(28-56(81)90-65(3,4)5)72-52(77)21-14-24-68-53(78)29-70-60(82)49(25-36-15-8-7-9-16-36)73-55(80)31-69-54(79)30-71-64(86)89-33-43-40-19-12-10-17-38(40)39-18-11-13-20-41(39)43/h7-13,15-20,26-27,43,47,49-50,87H,6,14,21-25,28-34H2,1-5H3,(H,68,78)(H,69,79)(H,70,82)(H,71,86)(H,72,77)(H,73,80)(H,75,83)/t47-,49-,50-,66-/m0/s1. The van der Waals surface area contributed by atoms with E-state index in [9.17, 15) is 53.1 Å². The van der Waals surface area contributed by atoms with Gasteiger partial charge < -0.3 is 61.1 Å². The minimum absolute atomic E-state index is 0.0241. The Kier molecular flexibility index (Phi) is 18.6. The van der Waals surface area contributed by atoms with Gasteiger partial charge in [0.1, 0.15) is 43.3 Å². The molecule has 0 unspecified atom stereocenters. The van der Waals surface area contributed by atoms with Crippen LogP contribution in [-0.2, 0) is 84.2 Å². The van der Waals surface area contributed by atoms with E-state index in [0.717, 1.165) is 22.3 Å². The molecule has 10 rings (SSSR count). The maximum absolute atomic E-state index is 15.6. The number of nitrogens with one attached hydrogen (secondary N) is 7. The molecular formula is C66H70FN9O14. The maximum Gasteiger partial charge on any atom is 0.407 e. The topological polar surface area (TPSA) is 321 Å². The second-order valence-electron chi connectivity index (χ2n) is 23.8. The molecule has 0 spiro atoms. The second kappa shape index (κ2) is 26.5. The number of nitrogens with zero attached hydrogens (tertiary/aromatic N) is 2. The third-order valence-corrected chi connectivity index (χ3v) is 16.6. The van der Waals surface area contributed by atoms with Gasteiger partial charge in [-0.3, -0.25) is 38.4 Å². The largest absolute Gasteiger partial charge is 0.460 e. The Morgan fingerprint density at radius 2 is 1.44 bits per heavy atom. The Hall–Kier alpha value is -9.84. The van der Waals surface area contributed by atoms with E-state index in [2.05, 4.69) is 37.2 Å². The third-order valence-electron chi connectivity index (χ3n) is 16.6. The van der Waals surface area contributed by atoms with Gasteiger partial charge in [-0.15, -0.1) is 0 Å². The number of aliphatic hydroxyl groups is 1. The number of benzene rings is 4. The van der Waals surface area contributed by atoms with Crippen LogP contribution < -0.4 is 42.8 Å². The lowest BCUT2D eigenvalue weighted by molar-refractivity contribution is -0.172. The molecule has 0 saturated carbocycles. The zero-order chi connectivity index (χ0) is 64.2. The zero-order valence-corrected chi connectivity index (χ0v) is 50.4. The van der Waals surface area contributed by atoms with Crippen molar-refractivity contribution in [3.8, 4) is 22.5 Å². The van der Waals surface area contributed by atoms with Crippen molar-refractivity contribution in [1.29, 1.82) is 0 Å². The van der Waals surface area contributed by atoms with Crippen LogP contribution in [0, 0.1) is 12.7 Å². The summed E-state index contributed by atoms with van der Waals surface area (Å²) in [6.45, 7) is 6.23. The highest BCUT2D eigenvalue weighted by Gasteiger charge is 2.46. The number of cyclic esters (lactones) is 1. The van der Waals surface area contributed by atoms with Crippen LogP contribution in [0.1, 0.15) is 122 Å². The average Bonchev–Trinajstić information content (AvgIpc) is 1.46. The van der Waals surface area contributed by atoms with Gasteiger partial charge in [0.25, 0.3) is 5.56 Å². The second-order valence-corrected chi connectivity index (χ2v) is 23.8. The van der Waals surface area contributed by atoms with Crippen molar-refractivity contribution in [2.75, 3.05) is 32.8 Å². The Morgan fingerprint density at radius 1 is 0.789 bits per heavy atom. The number of hydrogen-bond donors (Lipinski definition) is 8. The van der Waals surface area contributed by atoms with E-state index in [0.29, 0.717) is 39.6 Å². The highest BCUT2D eigenvalue weighted by molar-refractivity contribution is 5.96. The molecular weight excluding hydrogens is 1160 g/mol. The van der Waals surface area contributed by atoms with Gasteiger partial charge in [-0.2, -0.15) is 0 Å². The number of ether oxygens (including phenoxy) is 3. The first-order chi connectivity index (χ1) is 43.0. The molecule has 0 radical (unpaired) electrons. The fraction of sp³-hybridized carbons (Fsp3) is 0.379. The van der Waals surface area contributed by atoms with Gasteiger partial charge in [-0.1, -0.05) is 85.8 Å². The van der Waals surface area contributed by atoms with Gasteiger partial charge in [0.05, 0.1) is 54.6 Å². The third kappa shape index (κ3) is 13.6. The molecule has 2 aliphatic heterocycles. The Balaban J connectivity index is 0.724. The number of pyridine rings is 2. The van der Waals surface area contributed by atoms with Crippen molar-refractivity contribution in [1.82, 2.24) is 46.8 Å². The Morgan fingerprint density at radius 3 is 2.14 bits per heavy atom. The summed E-state index contributed by atoms with van der Waals surface area (Å²) in [4.78, 5) is 139. The van der Waals surface area contributed by atoms with Crippen LogP contribution in [0.15, 0.2) is 95.8 Å². The molecule has 8 N–H and O–H groups in total. The minimum atomic E-state index is -2.10. The first-order valence-electron chi connectivity index (χ1n) is 29.9. The number of rotatable bonds is 22. The lowest BCUT2D eigenvalue weighted by Gasteiger charge is -2.31. The molecule has 4 atom stereocenters. The van der Waals surface area contributed by atoms with E-state index < -0.39 is 120 Å². The van der Waals surface area contributed by atoms with Crippen molar-refractivity contribution in [3.05, 3.63) is 157 Å². The molecule has 23 nitrogen and oxygen atoms in total. The van der Waals surface area contributed by atoms with Gasteiger partial charge in [0, 0.05) is 47.9 Å². The summed E-state index contributed by atoms with van der Waals surface area (Å²) in [6, 6.07) is 23.8. The lowest BCUT2D eigenvalue weighted by atomic mass is 9.81. The predicted molar refractivity (Wildman–Crippen MR) is 324 cm³/mol. The fourth-order valence-corrected chi connectivity index (χ4v) is 12.2. The summed E-state index contributed by atoms with van der Waals surface area (Å²) < 4.78 is 33.4. The van der Waals surface area contributed by atoms with E-state index >= 15 is 4.39 Å². The van der Waals surface area contributed by atoms with E-state index in [4.69, 9.17) is 19.2 Å². The molecule has 4 aromatic carbocycles. The van der Waals surface area contributed by atoms with Gasteiger partial charge >= 0.3 is 18.0 Å². The molecule has 0 bridgehead atoms. The smallest absolute Gasteiger partial charge is 0.407 e. The monoisotopic (exact) mass is 1230 g/mol. The number of aryl methyl sites for hydroxylation is 1. The van der Waals surface area contributed by atoms with Crippen LogP contribution in [0.5, 0.6) is 0 Å². The van der Waals surface area contributed by atoms with Crippen LogP contribution in [-0.4, -0.2) is 119 Å². The number of amides is 7. The first kappa shape index (κ1) is 63.2. The van der Waals surface area contributed by atoms with E-state index in [1.807, 2.05) is 48.5 Å². The van der Waals surface area contributed by atoms with Gasteiger partial charge in [-0.25, -0.2) is 19.0 Å². The van der Waals surface area contributed by atoms with Crippen LogP contribution in [0.2, 0.25) is 0 Å². The minimum Gasteiger partial charge on any atom is -0.460 e. The molecule has 2 aromatic heterocycles. The number of esters is 2. The maximum atomic E-state index is 15.6. The quantitative estimate of drug-likeness (QED) is 0.0267. The average molecular weight is 1230 g/mol. The molecule has 4 heterocycles. The van der Waals surface area contributed by atoms with Gasteiger partial charge in [0.15, 0.2) is 5.60 Å². The molecule has 470 valence electrons. The van der Waals surface area contributed by atoms with Crippen LogP contribution in [0.3, 0.4) is 0 Å². The number of alkyl carbamates (subject to hydrolysis) is 1. The summed E-state index contributed by atoms with van der Waals surface area (Å²) in [5.41, 5.74) is 4.42. The first-order valence-corrected chi connectivity index (χ1v) is 29.9. The number of hydrogen-bond acceptors (Lipinski definition) is 15. The zero-order valence-electron chi connectivity index (χ0n) is 50.4. The van der Waals surface area contributed by atoms with Gasteiger partial charge in [-0.05, 0) is 104 Å². The molecule has 6 aromatic rings. The van der Waals surface area contributed by atoms with Crippen LogP contribution >= 0.6 is 0 Å². The Bertz CT molecular complexity index is 3910. The van der Waals surface area contributed by atoms with Crippen molar-refractivity contribution in [3.63, 3.8) is 0 Å². The fourth-order valence-electron chi connectivity index (χ4n) is 12.2. The molecule has 90 heavy (non-hydrogen) atoms. The summed E-state index contributed by atoms with van der Waals surface area (Å²) in [5.74, 6) is -6.54. The summed E-state index contributed by atoms with van der Waals surface area (Å²) >= 11 is 0. The predicted octanol–water partition coefficient (Wildman–Crippen LogP) is 4.24. The lowest BCUT2D eigenvalue weighted by Crippen LogP contribution is -2.52. The van der Waals surface area contributed by atoms with Crippen molar-refractivity contribution < 1.29 is 66.9 Å². The number of aromatic nitrogens is 2. The molecule has 0 saturated heterocycles. The highest BCUT2D eigenvalue weighted by atomic mass is 19.1. The van der Waals surface area contributed by atoms with Crippen LogP contribution in [0.4, 0.5) is 9.18 Å². The number of fused-ring (bicyclic) bond motifs is 8. The summed E-state index contributed by atoms with van der Waals surface area (Å²) in [6.07, 6.45) is -1.06. The number of carbonyl (C=O) groups is 9. The van der Waals surface area contributed by atoms with Crippen molar-refractivity contribution in [2.45, 2.75) is 128 Å². The van der Waals surface area contributed by atoms with Crippen molar-refractivity contribution >= 4 is 64.4 Å². The van der Waals surface area contributed by atoms with Gasteiger partial charge in [0.2, 0.25) is 35.4 Å².